The molecule has 0 saturated heterocycles. The van der Waals surface area contributed by atoms with Gasteiger partial charge in [0.15, 0.2) is 34.5 Å². The topological polar surface area (TPSA) is 107 Å². The Balaban J connectivity index is 1.04. The summed E-state index contributed by atoms with van der Waals surface area (Å²) in [6.45, 7) is 1.85. The number of carbonyl (C=O) groups is 3. The summed E-state index contributed by atoms with van der Waals surface area (Å²) >= 11 is 0. The van der Waals surface area contributed by atoms with Crippen LogP contribution in [-0.2, 0) is 40.1 Å². The average Bonchev–Trinajstić information content (AvgIpc) is 3.55. The first-order chi connectivity index (χ1) is 28.2. The molecule has 11 heteroatoms. The van der Waals surface area contributed by atoms with Gasteiger partial charge in [-0.2, -0.15) is 0 Å². The van der Waals surface area contributed by atoms with E-state index in [0.717, 1.165) is 54.5 Å². The SMILES string of the molecule is COc1ccc2cc1Oc1ccc(cc1)CC1c3c(cc(OC)c4c3Oc3cc5c(cc3O4)CCN(C)[C@H]5C2)CCN1C(=O)C1CCC(CN2C(=O)C=CC2=O)CC1. The number of carbonyl (C=O) groups excluding carboxylic acids is 3. The lowest BCUT2D eigenvalue weighted by Crippen LogP contribution is -2.45. The fourth-order valence-electron chi connectivity index (χ4n) is 10.0. The van der Waals surface area contributed by atoms with Gasteiger partial charge in [-0.05, 0) is 135 Å². The van der Waals surface area contributed by atoms with Crippen LogP contribution < -0.4 is 23.7 Å². The number of nitrogens with zero attached hydrogens (tertiary/aromatic N) is 3. The summed E-state index contributed by atoms with van der Waals surface area (Å²) in [4.78, 5) is 45.2. The van der Waals surface area contributed by atoms with Gasteiger partial charge >= 0.3 is 0 Å². The number of amides is 3. The number of imide groups is 1. The van der Waals surface area contributed by atoms with Crippen molar-refractivity contribution in [2.45, 2.75) is 63.5 Å². The van der Waals surface area contributed by atoms with E-state index in [1.54, 1.807) is 14.2 Å². The molecule has 6 aliphatic heterocycles. The van der Waals surface area contributed by atoms with E-state index >= 15 is 0 Å². The minimum atomic E-state index is -0.344. The summed E-state index contributed by atoms with van der Waals surface area (Å²) in [6.07, 6.45) is 8.46. The first-order valence-corrected chi connectivity index (χ1v) is 20.5. The molecule has 58 heavy (non-hydrogen) atoms. The Morgan fingerprint density at radius 1 is 0.707 bits per heavy atom. The molecule has 6 heterocycles. The molecule has 1 fully saturated rings. The number of benzene rings is 4. The third kappa shape index (κ3) is 6.36. The maximum absolute atomic E-state index is 14.8. The van der Waals surface area contributed by atoms with Crippen LogP contribution in [0.4, 0.5) is 0 Å². The Kier molecular flexibility index (Phi) is 9.15. The van der Waals surface area contributed by atoms with Crippen molar-refractivity contribution in [2.24, 2.45) is 11.8 Å². The van der Waals surface area contributed by atoms with Crippen LogP contribution in [0, 0.1) is 11.8 Å². The smallest absolute Gasteiger partial charge is 0.253 e. The lowest BCUT2D eigenvalue weighted by atomic mass is 9.79. The van der Waals surface area contributed by atoms with Gasteiger partial charge in [-0.1, -0.05) is 18.2 Å². The number of rotatable bonds is 5. The van der Waals surface area contributed by atoms with Crippen molar-refractivity contribution in [2.75, 3.05) is 40.9 Å². The highest BCUT2D eigenvalue weighted by Gasteiger charge is 2.42. The predicted octanol–water partition coefficient (Wildman–Crippen LogP) is 7.88. The van der Waals surface area contributed by atoms with Crippen molar-refractivity contribution < 1.29 is 38.1 Å². The third-order valence-corrected chi connectivity index (χ3v) is 13.2. The van der Waals surface area contributed by atoms with E-state index in [2.05, 4.69) is 59.3 Å². The van der Waals surface area contributed by atoms with Crippen LogP contribution in [-0.4, -0.2) is 73.3 Å². The van der Waals surface area contributed by atoms with Crippen LogP contribution in [0.5, 0.6) is 46.0 Å². The highest BCUT2D eigenvalue weighted by atomic mass is 16.6. The van der Waals surface area contributed by atoms with E-state index in [4.69, 9.17) is 23.7 Å². The molecule has 0 N–H and O–H groups in total. The molecule has 2 atom stereocenters. The van der Waals surface area contributed by atoms with Crippen molar-refractivity contribution in [3.05, 3.63) is 106 Å². The lowest BCUT2D eigenvalue weighted by molar-refractivity contribution is -0.141. The molecule has 1 aliphatic carbocycles. The second-order valence-corrected chi connectivity index (χ2v) is 16.5. The Hall–Kier alpha value is -5.81. The zero-order valence-electron chi connectivity index (χ0n) is 33.1. The van der Waals surface area contributed by atoms with Crippen LogP contribution in [0.1, 0.15) is 71.1 Å². The van der Waals surface area contributed by atoms with E-state index in [1.807, 2.05) is 18.2 Å². The molecule has 4 aromatic rings. The van der Waals surface area contributed by atoms with Crippen LogP contribution in [0.15, 0.2) is 72.8 Å². The fraction of sp³-hybridized carbons (Fsp3) is 0.383. The van der Waals surface area contributed by atoms with Crippen molar-refractivity contribution in [3.63, 3.8) is 0 Å². The first kappa shape index (κ1) is 36.5. The van der Waals surface area contributed by atoms with Gasteiger partial charge in [0.05, 0.1) is 20.3 Å². The van der Waals surface area contributed by atoms with Gasteiger partial charge in [-0.3, -0.25) is 24.2 Å². The molecule has 1 saturated carbocycles. The fourth-order valence-corrected chi connectivity index (χ4v) is 10.0. The number of methoxy groups -OCH3 is 2. The summed E-state index contributed by atoms with van der Waals surface area (Å²) in [5.74, 6) is 4.68. The number of likely N-dealkylation sites (N-methyl/N-ethyl adjacent to an activating group) is 1. The van der Waals surface area contributed by atoms with Crippen LogP contribution >= 0.6 is 0 Å². The molecule has 11 nitrogen and oxygen atoms in total. The largest absolute Gasteiger partial charge is 0.493 e. The van der Waals surface area contributed by atoms with Crippen molar-refractivity contribution in [1.82, 2.24) is 14.7 Å². The molecule has 4 aromatic carbocycles. The molecule has 7 bridgehead atoms. The number of hydrogen-bond donors (Lipinski definition) is 0. The highest BCUT2D eigenvalue weighted by Crippen LogP contribution is 2.57. The van der Waals surface area contributed by atoms with Gasteiger partial charge in [-0.15, -0.1) is 0 Å². The zero-order valence-corrected chi connectivity index (χ0v) is 33.1. The van der Waals surface area contributed by atoms with E-state index in [9.17, 15) is 14.4 Å². The van der Waals surface area contributed by atoms with E-state index in [1.165, 1.54) is 28.2 Å². The molecular formula is C47H47N3O8. The van der Waals surface area contributed by atoms with Crippen molar-refractivity contribution in [3.8, 4) is 46.0 Å². The standard InChI is InChI=1S/C47H47N3O8/c1-48-18-16-31-23-39-40-25-34(31)35(48)21-29-8-13-37(54-2)38(22-29)56-33-11-6-27(7-12-33)20-36-44-32(24-41(55-3)45(57-39)46(44)58-40)17-19-49(36)47(53)30-9-4-28(5-10-30)26-50-42(51)14-15-43(50)52/h6-8,11-15,22-25,28,30,35-36H,4-5,9-10,16-21,26H2,1-3H3/t28?,30?,35-,36?/m0/s1. The van der Waals surface area contributed by atoms with Crippen LogP contribution in [0.25, 0.3) is 0 Å². The van der Waals surface area contributed by atoms with Gasteiger partial charge in [0, 0.05) is 49.3 Å². The molecule has 7 aliphatic rings. The molecule has 3 amide bonds. The van der Waals surface area contributed by atoms with Crippen molar-refractivity contribution >= 4 is 17.7 Å². The van der Waals surface area contributed by atoms with Gasteiger partial charge < -0.3 is 28.6 Å². The molecule has 0 radical (unpaired) electrons. The maximum Gasteiger partial charge on any atom is 0.253 e. The Labute approximate surface area is 338 Å². The Bertz CT molecular complexity index is 2350. The Morgan fingerprint density at radius 3 is 2.16 bits per heavy atom. The molecule has 0 spiro atoms. The summed E-state index contributed by atoms with van der Waals surface area (Å²) in [5, 5.41) is 0. The number of fused-ring (bicyclic) bond motifs is 2. The van der Waals surface area contributed by atoms with Gasteiger partial charge in [0.1, 0.15) is 5.75 Å². The number of ether oxygens (including phenoxy) is 5. The third-order valence-electron chi connectivity index (χ3n) is 13.2. The Morgan fingerprint density at radius 2 is 1.40 bits per heavy atom. The predicted molar refractivity (Wildman–Crippen MR) is 215 cm³/mol. The number of hydrogen-bond acceptors (Lipinski definition) is 9. The summed E-state index contributed by atoms with van der Waals surface area (Å²) < 4.78 is 32.1. The molecule has 11 rings (SSSR count). The molecule has 1 unspecified atom stereocenters. The lowest BCUT2D eigenvalue weighted by Gasteiger charge is -2.42. The van der Waals surface area contributed by atoms with Gasteiger partial charge in [-0.25, -0.2) is 0 Å². The average molecular weight is 782 g/mol. The molecular weight excluding hydrogens is 735 g/mol. The van der Waals surface area contributed by atoms with Gasteiger partial charge in [0.25, 0.3) is 11.8 Å². The monoisotopic (exact) mass is 781 g/mol. The minimum absolute atomic E-state index is 0.0848. The quantitative estimate of drug-likeness (QED) is 0.165. The van der Waals surface area contributed by atoms with Crippen LogP contribution in [0.2, 0.25) is 0 Å². The van der Waals surface area contributed by atoms with Crippen molar-refractivity contribution in [1.29, 1.82) is 0 Å². The second kappa shape index (κ2) is 14.5. The summed E-state index contributed by atoms with van der Waals surface area (Å²) in [7, 11) is 5.49. The first-order valence-electron chi connectivity index (χ1n) is 20.5. The zero-order chi connectivity index (χ0) is 39.7. The maximum atomic E-state index is 14.8. The summed E-state index contributed by atoms with van der Waals surface area (Å²) in [5.41, 5.74) is 6.62. The summed E-state index contributed by atoms with van der Waals surface area (Å²) in [6, 6.07) is 20.3. The van der Waals surface area contributed by atoms with Crippen LogP contribution in [0.3, 0.4) is 0 Å². The highest BCUT2D eigenvalue weighted by molar-refractivity contribution is 6.12. The minimum Gasteiger partial charge on any atom is -0.493 e. The second-order valence-electron chi connectivity index (χ2n) is 16.5. The normalized spacial score (nSPS) is 23.2. The molecule has 298 valence electrons. The molecule has 0 aromatic heterocycles. The van der Waals surface area contributed by atoms with E-state index in [-0.39, 0.29) is 41.6 Å². The van der Waals surface area contributed by atoms with E-state index < -0.39 is 0 Å². The van der Waals surface area contributed by atoms with E-state index in [0.29, 0.717) is 84.8 Å². The van der Waals surface area contributed by atoms with Gasteiger partial charge in [0.2, 0.25) is 11.7 Å².